The molecule has 0 spiro atoms. The molecule has 22 heavy (non-hydrogen) atoms. The molecule has 2 atom stereocenters. The largest absolute Gasteiger partial charge is 0.464 e. The first-order valence-electron chi connectivity index (χ1n) is 6.81. The number of esters is 2. The van der Waals surface area contributed by atoms with Gasteiger partial charge in [0.1, 0.15) is 0 Å². The van der Waals surface area contributed by atoms with Gasteiger partial charge in [0.05, 0.1) is 6.61 Å². The normalized spacial score (nSPS) is 12.9. The molecular formula is C15H20N2O5. The average molecular weight is 308 g/mol. The van der Waals surface area contributed by atoms with Crippen LogP contribution in [0.15, 0.2) is 24.3 Å². The zero-order valence-corrected chi connectivity index (χ0v) is 12.8. The minimum absolute atomic E-state index is 0.138. The van der Waals surface area contributed by atoms with Crippen molar-refractivity contribution in [3.63, 3.8) is 0 Å². The van der Waals surface area contributed by atoms with Gasteiger partial charge in [-0.3, -0.25) is 9.59 Å². The maximum atomic E-state index is 12.1. The summed E-state index contributed by atoms with van der Waals surface area (Å²) in [6.07, 6.45) is -1.02. The Balaban J connectivity index is 3.21. The molecule has 0 bridgehead atoms. The van der Waals surface area contributed by atoms with E-state index in [-0.39, 0.29) is 6.61 Å². The summed E-state index contributed by atoms with van der Waals surface area (Å²) in [4.78, 5) is 34.8. The lowest BCUT2D eigenvalue weighted by Crippen LogP contribution is -2.46. The van der Waals surface area contributed by atoms with Crippen molar-refractivity contribution in [3.8, 4) is 0 Å². The van der Waals surface area contributed by atoms with Gasteiger partial charge >= 0.3 is 11.9 Å². The van der Waals surface area contributed by atoms with Gasteiger partial charge in [0.2, 0.25) is 5.91 Å². The predicted molar refractivity (Wildman–Crippen MR) is 79.6 cm³/mol. The van der Waals surface area contributed by atoms with E-state index in [2.05, 4.69) is 5.32 Å². The number of rotatable bonds is 6. The molecule has 0 aliphatic rings. The van der Waals surface area contributed by atoms with Gasteiger partial charge in [-0.25, -0.2) is 4.79 Å². The highest BCUT2D eigenvalue weighted by atomic mass is 16.6. The van der Waals surface area contributed by atoms with Crippen molar-refractivity contribution >= 4 is 23.5 Å². The number of ether oxygens (including phenoxy) is 2. The number of carbonyl (C=O) groups excluding carboxylic acids is 3. The molecule has 7 heteroatoms. The van der Waals surface area contributed by atoms with Crippen molar-refractivity contribution in [1.29, 1.82) is 0 Å². The van der Waals surface area contributed by atoms with E-state index < -0.39 is 30.0 Å². The standard InChI is InChI=1S/C15H20N2O5/c1-4-21-15(20)13(17-9(2)18)14(22-10(3)19)11-6-5-7-12(16)8-11/h5-8,13-14H,4,16H2,1-3H3,(H,17,18)/t13-,14-/m0/s1. The van der Waals surface area contributed by atoms with E-state index in [1.165, 1.54) is 13.8 Å². The number of hydrogen-bond acceptors (Lipinski definition) is 6. The summed E-state index contributed by atoms with van der Waals surface area (Å²) in [6.45, 7) is 4.26. The summed E-state index contributed by atoms with van der Waals surface area (Å²) < 4.78 is 10.2. The molecule has 120 valence electrons. The minimum Gasteiger partial charge on any atom is -0.464 e. The van der Waals surface area contributed by atoms with Crippen molar-refractivity contribution in [2.45, 2.75) is 32.9 Å². The average Bonchev–Trinajstić information content (AvgIpc) is 2.42. The summed E-state index contributed by atoms with van der Waals surface area (Å²) in [5, 5.41) is 2.46. The topological polar surface area (TPSA) is 108 Å². The third-order valence-corrected chi connectivity index (χ3v) is 2.73. The second-order valence-electron chi connectivity index (χ2n) is 4.63. The summed E-state index contributed by atoms with van der Waals surface area (Å²) in [5.74, 6) is -1.72. The fraction of sp³-hybridized carbons (Fsp3) is 0.400. The summed E-state index contributed by atoms with van der Waals surface area (Å²) >= 11 is 0. The van der Waals surface area contributed by atoms with Crippen molar-refractivity contribution in [3.05, 3.63) is 29.8 Å². The van der Waals surface area contributed by atoms with E-state index in [1.807, 2.05) is 0 Å². The van der Waals surface area contributed by atoms with Crippen LogP contribution in [0.1, 0.15) is 32.4 Å². The van der Waals surface area contributed by atoms with Crippen LogP contribution in [0.25, 0.3) is 0 Å². The van der Waals surface area contributed by atoms with Crippen LogP contribution in [-0.4, -0.2) is 30.5 Å². The Morgan fingerprint density at radius 3 is 2.45 bits per heavy atom. The monoisotopic (exact) mass is 308 g/mol. The Kier molecular flexibility index (Phi) is 6.37. The van der Waals surface area contributed by atoms with Crippen LogP contribution in [-0.2, 0) is 23.9 Å². The highest BCUT2D eigenvalue weighted by Gasteiger charge is 2.34. The number of hydrogen-bond donors (Lipinski definition) is 2. The molecule has 0 unspecified atom stereocenters. The zero-order chi connectivity index (χ0) is 16.7. The molecule has 7 nitrogen and oxygen atoms in total. The molecule has 1 rings (SSSR count). The minimum atomic E-state index is -1.15. The van der Waals surface area contributed by atoms with E-state index >= 15 is 0 Å². The molecule has 1 aromatic carbocycles. The lowest BCUT2D eigenvalue weighted by Gasteiger charge is -2.26. The molecule has 1 aromatic rings. The molecule has 0 saturated heterocycles. The van der Waals surface area contributed by atoms with Crippen molar-refractivity contribution in [1.82, 2.24) is 5.32 Å². The van der Waals surface area contributed by atoms with Crippen LogP contribution in [0, 0.1) is 0 Å². The number of carbonyl (C=O) groups is 3. The highest BCUT2D eigenvalue weighted by Crippen LogP contribution is 2.24. The third-order valence-electron chi connectivity index (χ3n) is 2.73. The first kappa shape index (κ1) is 17.5. The van der Waals surface area contributed by atoms with Crippen LogP contribution >= 0.6 is 0 Å². The first-order chi connectivity index (χ1) is 10.3. The van der Waals surface area contributed by atoms with Crippen LogP contribution in [0.5, 0.6) is 0 Å². The lowest BCUT2D eigenvalue weighted by atomic mass is 10.0. The van der Waals surface area contributed by atoms with Gasteiger partial charge in [0.15, 0.2) is 12.1 Å². The van der Waals surface area contributed by atoms with Gasteiger partial charge in [-0.2, -0.15) is 0 Å². The van der Waals surface area contributed by atoms with E-state index in [0.717, 1.165) is 0 Å². The van der Waals surface area contributed by atoms with Crippen molar-refractivity contribution in [2.24, 2.45) is 0 Å². The molecular weight excluding hydrogens is 288 g/mol. The Labute approximate surface area is 128 Å². The molecule has 0 heterocycles. The van der Waals surface area contributed by atoms with Gasteiger partial charge in [-0.05, 0) is 24.6 Å². The molecule has 1 amide bonds. The van der Waals surface area contributed by atoms with E-state index in [1.54, 1.807) is 31.2 Å². The number of nitrogen functional groups attached to an aromatic ring is 1. The number of nitrogens with two attached hydrogens (primary N) is 1. The number of anilines is 1. The van der Waals surface area contributed by atoms with E-state index in [4.69, 9.17) is 15.2 Å². The Hall–Kier alpha value is -2.57. The molecule has 0 saturated carbocycles. The fourth-order valence-corrected chi connectivity index (χ4v) is 1.95. The smallest absolute Gasteiger partial charge is 0.332 e. The molecule has 0 radical (unpaired) electrons. The maximum Gasteiger partial charge on any atom is 0.332 e. The van der Waals surface area contributed by atoms with Crippen molar-refractivity contribution < 1.29 is 23.9 Å². The quantitative estimate of drug-likeness (QED) is 0.598. The predicted octanol–water partition coefficient (Wildman–Crippen LogP) is 0.941. The lowest BCUT2D eigenvalue weighted by molar-refractivity contribution is -0.159. The second-order valence-corrected chi connectivity index (χ2v) is 4.63. The van der Waals surface area contributed by atoms with Gasteiger partial charge in [0.25, 0.3) is 0 Å². The highest BCUT2D eigenvalue weighted by molar-refractivity contribution is 5.84. The van der Waals surface area contributed by atoms with Crippen molar-refractivity contribution in [2.75, 3.05) is 12.3 Å². The van der Waals surface area contributed by atoms with Gasteiger partial charge < -0.3 is 20.5 Å². The van der Waals surface area contributed by atoms with Crippen LogP contribution in [0.3, 0.4) is 0 Å². The van der Waals surface area contributed by atoms with Crippen LogP contribution in [0.4, 0.5) is 5.69 Å². The maximum absolute atomic E-state index is 12.1. The van der Waals surface area contributed by atoms with Gasteiger partial charge in [-0.1, -0.05) is 12.1 Å². The van der Waals surface area contributed by atoms with Gasteiger partial charge in [0, 0.05) is 19.5 Å². The van der Waals surface area contributed by atoms with Crippen LogP contribution in [0.2, 0.25) is 0 Å². The number of nitrogens with one attached hydrogen (secondary N) is 1. The first-order valence-corrected chi connectivity index (χ1v) is 6.81. The molecule has 0 fully saturated rings. The zero-order valence-electron chi connectivity index (χ0n) is 12.8. The number of benzene rings is 1. The molecule has 0 aliphatic carbocycles. The second kappa shape index (κ2) is 8.02. The third kappa shape index (κ3) is 5.08. The summed E-state index contributed by atoms with van der Waals surface area (Å²) in [7, 11) is 0. The molecule has 0 aromatic heterocycles. The summed E-state index contributed by atoms with van der Waals surface area (Å²) in [5.41, 5.74) is 6.65. The van der Waals surface area contributed by atoms with E-state index in [0.29, 0.717) is 11.3 Å². The van der Waals surface area contributed by atoms with Crippen LogP contribution < -0.4 is 11.1 Å². The Morgan fingerprint density at radius 2 is 1.95 bits per heavy atom. The fourth-order valence-electron chi connectivity index (χ4n) is 1.95. The SMILES string of the molecule is CCOC(=O)[C@@H](NC(C)=O)[C@@H](OC(C)=O)c1cccc(N)c1. The molecule has 3 N–H and O–H groups in total. The number of amides is 1. The summed E-state index contributed by atoms with van der Waals surface area (Å²) in [6, 6.07) is 5.39. The van der Waals surface area contributed by atoms with Gasteiger partial charge in [-0.15, -0.1) is 0 Å². The van der Waals surface area contributed by atoms with E-state index in [9.17, 15) is 14.4 Å². The Morgan fingerprint density at radius 1 is 1.27 bits per heavy atom. The molecule has 0 aliphatic heterocycles. The Bertz CT molecular complexity index is 559.